The molecule has 2 aliphatic heterocycles. The normalized spacial score (nSPS) is 23.9. The number of amides is 2. The quantitative estimate of drug-likeness (QED) is 0.170. The third-order valence-corrected chi connectivity index (χ3v) is 9.20. The van der Waals surface area contributed by atoms with E-state index >= 15 is 0 Å². The first-order valence-electron chi connectivity index (χ1n) is 9.99. The Balaban J connectivity index is 1.43. The largest absolute Gasteiger partial charge is 0.460 e. The summed E-state index contributed by atoms with van der Waals surface area (Å²) in [5.41, 5.74) is -0.329. The fraction of sp³-hybridized carbons (Fsp3) is 0.381. The van der Waals surface area contributed by atoms with Crippen molar-refractivity contribution in [1.82, 2.24) is 4.90 Å². The molecule has 0 aliphatic carbocycles. The highest BCUT2D eigenvalue weighted by Gasteiger charge is 2.59. The monoisotopic (exact) mass is 553 g/mol. The molecule has 174 valence electrons. The topological polar surface area (TPSA) is 110 Å². The van der Waals surface area contributed by atoms with Gasteiger partial charge in [-0.2, -0.15) is 0 Å². The lowest BCUT2D eigenvalue weighted by Crippen LogP contribution is -2.74. The Hall–Kier alpha value is -2.44. The molecule has 2 aromatic rings. The van der Waals surface area contributed by atoms with Crippen LogP contribution in [0.3, 0.4) is 0 Å². The van der Waals surface area contributed by atoms with Crippen LogP contribution < -0.4 is 4.90 Å². The highest BCUT2D eigenvalue weighted by Crippen LogP contribution is 2.46. The molecule has 2 aliphatic rings. The number of β-lactam (4-membered cyclic amide) rings is 1. The molecule has 4 rings (SSSR count). The Morgan fingerprint density at radius 1 is 1.33 bits per heavy atom. The number of ether oxygens (including phenoxy) is 1. The molecule has 1 aromatic carbocycles. The van der Waals surface area contributed by atoms with Crippen molar-refractivity contribution in [3.63, 3.8) is 0 Å². The molecule has 0 spiro atoms. The maximum absolute atomic E-state index is 13.0. The summed E-state index contributed by atoms with van der Waals surface area (Å²) >= 11 is 6.29. The van der Waals surface area contributed by atoms with E-state index in [1.165, 1.54) is 47.1 Å². The van der Waals surface area contributed by atoms with Crippen molar-refractivity contribution < 1.29 is 24.0 Å². The lowest BCUT2D eigenvalue weighted by Gasteiger charge is -2.56. The fourth-order valence-electron chi connectivity index (χ4n) is 3.88. The molecule has 1 aromatic heterocycles. The van der Waals surface area contributed by atoms with E-state index < -0.39 is 22.3 Å². The fourth-order valence-corrected chi connectivity index (χ4v) is 7.14. The minimum Gasteiger partial charge on any atom is -0.460 e. The third kappa shape index (κ3) is 4.38. The van der Waals surface area contributed by atoms with Gasteiger partial charge in [-0.25, -0.2) is 0 Å². The number of benzene rings is 1. The second-order valence-corrected chi connectivity index (χ2v) is 10.5. The number of nitro benzene ring substituents is 1. The van der Waals surface area contributed by atoms with Crippen LogP contribution in [0.4, 0.5) is 10.7 Å². The number of fused-ring (bicyclic) bond motifs is 1. The molecule has 0 saturated carbocycles. The number of non-ortho nitro benzene ring substituents is 1. The van der Waals surface area contributed by atoms with Gasteiger partial charge in [-0.05, 0) is 35.2 Å². The van der Waals surface area contributed by atoms with Gasteiger partial charge >= 0.3 is 5.97 Å². The molecule has 0 N–H and O–H groups in total. The zero-order chi connectivity index (χ0) is 23.8. The minimum atomic E-state index is -0.924. The molecule has 3 atom stereocenters. The standard InChI is InChI=1S/C21H20BrN3O6S2/c1-13(26)24(16-3-2-8-32-16)17-18(27)23-11-21(10-22,12-33-19(17)23)20(28)31-9-14-4-6-15(7-5-14)25(29)30/h2-8,17,19H,9-12H2,1H3/t17?,19-,21?/m1/s1. The highest BCUT2D eigenvalue weighted by molar-refractivity contribution is 9.09. The average Bonchev–Trinajstić information content (AvgIpc) is 3.34. The molecule has 2 amide bonds. The summed E-state index contributed by atoms with van der Waals surface area (Å²) in [6, 6.07) is 8.87. The minimum absolute atomic E-state index is 0.0211. The maximum Gasteiger partial charge on any atom is 0.315 e. The van der Waals surface area contributed by atoms with Crippen LogP contribution in [-0.4, -0.2) is 56.7 Å². The molecular weight excluding hydrogens is 534 g/mol. The molecule has 2 unspecified atom stereocenters. The number of carbonyl (C=O) groups excluding carboxylic acids is 3. The van der Waals surface area contributed by atoms with Crippen molar-refractivity contribution >= 4 is 67.5 Å². The predicted molar refractivity (Wildman–Crippen MR) is 128 cm³/mol. The van der Waals surface area contributed by atoms with E-state index in [0.717, 1.165) is 5.00 Å². The van der Waals surface area contributed by atoms with E-state index in [-0.39, 0.29) is 36.0 Å². The summed E-state index contributed by atoms with van der Waals surface area (Å²) < 4.78 is 5.52. The second-order valence-electron chi connectivity index (χ2n) is 7.87. The van der Waals surface area contributed by atoms with Crippen molar-refractivity contribution in [3.8, 4) is 0 Å². The third-order valence-electron chi connectivity index (χ3n) is 5.68. The number of thioether (sulfide) groups is 1. The van der Waals surface area contributed by atoms with Gasteiger partial charge in [-0.3, -0.25) is 29.4 Å². The number of hydrogen-bond acceptors (Lipinski definition) is 8. The number of esters is 1. The zero-order valence-corrected chi connectivity index (χ0v) is 20.7. The SMILES string of the molecule is CC(=O)N(c1cccs1)C1C(=O)N2CC(CBr)(C(=O)OCc3ccc([N+](=O)[O-])cc3)CS[C@H]12. The molecule has 0 bridgehead atoms. The smallest absolute Gasteiger partial charge is 0.315 e. The van der Waals surface area contributed by atoms with Gasteiger partial charge in [0.1, 0.15) is 23.4 Å². The van der Waals surface area contributed by atoms with Crippen LogP contribution in [0.1, 0.15) is 12.5 Å². The van der Waals surface area contributed by atoms with Gasteiger partial charge in [-0.1, -0.05) is 15.9 Å². The Morgan fingerprint density at radius 3 is 2.64 bits per heavy atom. The number of nitrogens with zero attached hydrogens (tertiary/aromatic N) is 3. The molecule has 3 heterocycles. The summed E-state index contributed by atoms with van der Waals surface area (Å²) in [7, 11) is 0. The Bertz CT molecular complexity index is 1080. The Kier molecular flexibility index (Phi) is 6.78. The van der Waals surface area contributed by atoms with E-state index in [4.69, 9.17) is 4.74 Å². The second kappa shape index (κ2) is 9.43. The number of thiophene rings is 1. The van der Waals surface area contributed by atoms with Crippen LogP contribution in [0, 0.1) is 15.5 Å². The highest BCUT2D eigenvalue weighted by atomic mass is 79.9. The molecule has 33 heavy (non-hydrogen) atoms. The van der Waals surface area contributed by atoms with E-state index in [0.29, 0.717) is 16.6 Å². The van der Waals surface area contributed by atoms with Gasteiger partial charge < -0.3 is 9.64 Å². The number of alkyl halides is 1. The van der Waals surface area contributed by atoms with Crippen LogP contribution in [0.5, 0.6) is 0 Å². The lowest BCUT2D eigenvalue weighted by atomic mass is 9.89. The average molecular weight is 554 g/mol. The van der Waals surface area contributed by atoms with Crippen LogP contribution in [0.2, 0.25) is 0 Å². The lowest BCUT2D eigenvalue weighted by molar-refractivity contribution is -0.384. The molecule has 12 heteroatoms. The van der Waals surface area contributed by atoms with E-state index in [1.54, 1.807) is 17.0 Å². The Labute approximate surface area is 206 Å². The van der Waals surface area contributed by atoms with Gasteiger partial charge in [0, 0.05) is 36.7 Å². The van der Waals surface area contributed by atoms with Crippen LogP contribution in [-0.2, 0) is 25.7 Å². The molecule has 0 radical (unpaired) electrons. The number of hydrogen-bond donors (Lipinski definition) is 0. The number of carbonyl (C=O) groups is 3. The van der Waals surface area contributed by atoms with E-state index in [9.17, 15) is 24.5 Å². The van der Waals surface area contributed by atoms with Crippen molar-refractivity contribution in [1.29, 1.82) is 0 Å². The van der Waals surface area contributed by atoms with E-state index in [1.807, 2.05) is 17.5 Å². The Morgan fingerprint density at radius 2 is 2.06 bits per heavy atom. The number of rotatable bonds is 7. The van der Waals surface area contributed by atoms with Crippen molar-refractivity contribution in [2.45, 2.75) is 24.9 Å². The zero-order valence-electron chi connectivity index (χ0n) is 17.5. The van der Waals surface area contributed by atoms with Crippen molar-refractivity contribution in [3.05, 3.63) is 57.5 Å². The van der Waals surface area contributed by atoms with Crippen LogP contribution in [0.25, 0.3) is 0 Å². The summed E-state index contributed by atoms with van der Waals surface area (Å²) in [4.78, 5) is 51.8. The first-order chi connectivity index (χ1) is 15.8. The first kappa shape index (κ1) is 23.7. The summed E-state index contributed by atoms with van der Waals surface area (Å²) in [6.45, 7) is 1.62. The number of nitro groups is 1. The van der Waals surface area contributed by atoms with E-state index in [2.05, 4.69) is 15.9 Å². The number of anilines is 1. The van der Waals surface area contributed by atoms with Gasteiger partial charge in [0.25, 0.3) is 5.69 Å². The summed E-state index contributed by atoms with van der Waals surface area (Å²) in [5.74, 6) is -0.403. The van der Waals surface area contributed by atoms with Crippen LogP contribution >= 0.6 is 39.0 Å². The van der Waals surface area contributed by atoms with Gasteiger partial charge in [0.05, 0.1) is 9.92 Å². The summed E-state index contributed by atoms with van der Waals surface area (Å²) in [5, 5.41) is 13.5. The first-order valence-corrected chi connectivity index (χ1v) is 13.0. The van der Waals surface area contributed by atoms with Gasteiger partial charge in [0.15, 0.2) is 0 Å². The van der Waals surface area contributed by atoms with Gasteiger partial charge in [0.2, 0.25) is 11.8 Å². The van der Waals surface area contributed by atoms with Gasteiger partial charge in [-0.15, -0.1) is 23.1 Å². The molecule has 2 fully saturated rings. The molecule has 2 saturated heterocycles. The van der Waals surface area contributed by atoms with Crippen LogP contribution in [0.15, 0.2) is 41.8 Å². The molecular formula is C21H20BrN3O6S2. The van der Waals surface area contributed by atoms with Crippen molar-refractivity contribution in [2.24, 2.45) is 5.41 Å². The maximum atomic E-state index is 13.0. The predicted octanol–water partition coefficient (Wildman–Crippen LogP) is 3.42. The number of halogens is 1. The molecule has 9 nitrogen and oxygen atoms in total. The summed E-state index contributed by atoms with van der Waals surface area (Å²) in [6.07, 6.45) is 0. The van der Waals surface area contributed by atoms with Crippen molar-refractivity contribution in [2.75, 3.05) is 22.5 Å².